The number of aliphatic hydroxyl groups excluding tert-OH is 1. The van der Waals surface area contributed by atoms with Crippen molar-refractivity contribution in [2.45, 2.75) is 134 Å². The summed E-state index contributed by atoms with van der Waals surface area (Å²) in [6.07, 6.45) is -46.8. The molecule has 1 aliphatic heterocycles. The van der Waals surface area contributed by atoms with E-state index >= 15 is 17.6 Å². The molecule has 31 heteroatoms. The van der Waals surface area contributed by atoms with E-state index in [4.69, 9.17) is 0 Å². The Bertz CT molecular complexity index is 1270. The summed E-state index contributed by atoms with van der Waals surface area (Å²) in [5, 5.41) is 20.1. The van der Waals surface area contributed by atoms with Crippen molar-refractivity contribution in [3.8, 4) is 0 Å². The molecule has 0 amide bonds. The van der Waals surface area contributed by atoms with E-state index in [0.29, 0.717) is 0 Å². The highest BCUT2D eigenvalue weighted by Crippen LogP contribution is 2.67. The predicted octanol–water partition coefficient (Wildman–Crippen LogP) is 8.93. The molecule has 1 saturated heterocycles. The molecular formula is C22H15F27O4. The molecule has 0 aromatic carbocycles. The topological polar surface area (TPSA) is 58.9 Å². The second-order valence-electron chi connectivity index (χ2n) is 11.5. The largest absolute Gasteiger partial charge is 0.460 e. The molecule has 316 valence electrons. The summed E-state index contributed by atoms with van der Waals surface area (Å²) in [5.41, 5.74) is -8.60. The molecule has 1 saturated carbocycles. The van der Waals surface area contributed by atoms with Gasteiger partial charge in [-0.3, -0.25) is 0 Å². The number of halogens is 27. The normalized spacial score (nSPS) is 23.5. The fourth-order valence-electron chi connectivity index (χ4n) is 5.08. The molecule has 2 rings (SSSR count). The van der Waals surface area contributed by atoms with Gasteiger partial charge < -0.3 is 19.7 Å². The van der Waals surface area contributed by atoms with Crippen molar-refractivity contribution in [3.05, 3.63) is 0 Å². The summed E-state index contributed by atoms with van der Waals surface area (Å²) in [7, 11) is 0. The Morgan fingerprint density at radius 2 is 0.717 bits per heavy atom. The van der Waals surface area contributed by atoms with Gasteiger partial charge in [-0.2, -0.15) is 119 Å². The van der Waals surface area contributed by atoms with Crippen LogP contribution in [-0.4, -0.2) is 112 Å². The third kappa shape index (κ3) is 6.12. The monoisotopic (exact) mass is 856 g/mol. The van der Waals surface area contributed by atoms with E-state index < -0.39 is 127 Å². The lowest BCUT2D eigenvalue weighted by Crippen LogP contribution is -2.83. The van der Waals surface area contributed by atoms with E-state index in [2.05, 4.69) is 9.47 Å². The van der Waals surface area contributed by atoms with Gasteiger partial charge in [-0.1, -0.05) is 6.42 Å². The highest BCUT2D eigenvalue weighted by Gasteiger charge is 2.97. The number of hydrogen-bond acceptors (Lipinski definition) is 4. The Kier molecular flexibility index (Phi) is 11.1. The minimum absolute atomic E-state index is 0.333. The summed E-state index contributed by atoms with van der Waals surface area (Å²) < 4.78 is 382. The Hall–Kier alpha value is -2.05. The quantitative estimate of drug-likeness (QED) is 0.204. The van der Waals surface area contributed by atoms with E-state index in [-0.39, 0.29) is 6.42 Å². The van der Waals surface area contributed by atoms with Gasteiger partial charge in [-0.05, 0) is 12.8 Å². The van der Waals surface area contributed by atoms with Crippen molar-refractivity contribution in [2.75, 3.05) is 0 Å². The second-order valence-corrected chi connectivity index (χ2v) is 11.5. The summed E-state index contributed by atoms with van der Waals surface area (Å²) >= 11 is 0. The van der Waals surface area contributed by atoms with Crippen LogP contribution in [0.15, 0.2) is 0 Å². The Labute approximate surface area is 273 Å². The van der Waals surface area contributed by atoms with Crippen LogP contribution >= 0.6 is 0 Å². The Balaban J connectivity index is 3.23. The zero-order chi connectivity index (χ0) is 42.7. The van der Waals surface area contributed by atoms with Gasteiger partial charge in [0.05, 0.1) is 0 Å². The summed E-state index contributed by atoms with van der Waals surface area (Å²) in [6.45, 7) is 0. The molecule has 2 N–H and O–H groups in total. The minimum Gasteiger partial charge on any atom is -0.384 e. The molecule has 1 spiro atoms. The van der Waals surface area contributed by atoms with E-state index in [1.807, 2.05) is 0 Å². The fourth-order valence-corrected chi connectivity index (χ4v) is 5.08. The summed E-state index contributed by atoms with van der Waals surface area (Å²) in [5.74, 6) is -82.7. The standard InChI is InChI=1S/C22H15F27O4/c23-11(24,14(29,30)17(35,36)20(41,42)43)7(50)6-8(53-9(52-6)4-2-1-3-5-9)10(51,12(25,26)15(31,32)18(37,38)21(44,45)46)13(27,28)16(33,34)19(39,40)22(47,48)49/h6-8,50-51H,1-5H2/t6?,7-,8+/m0/s1. The molecule has 0 radical (unpaired) electrons. The maximum absolute atomic E-state index is 15.4. The number of ether oxygens (including phenoxy) is 2. The lowest BCUT2D eigenvalue weighted by Gasteiger charge is -2.51. The predicted molar refractivity (Wildman–Crippen MR) is 109 cm³/mol. The minimum atomic E-state index is -9.24. The van der Waals surface area contributed by atoms with E-state index in [0.717, 1.165) is 0 Å². The molecule has 0 bridgehead atoms. The SMILES string of the molecule is O[C@@H](C1OC2(CCCCC2)O[C@H]1C(O)(C(F)(F)C(F)(F)C(F)(F)C(F)(F)F)C(F)(F)C(F)(F)C(F)(F)C(F)(F)F)C(F)(F)C(F)(F)C(F)(F)C(F)(F)F. The van der Waals surface area contributed by atoms with Gasteiger partial charge in [0.15, 0.2) is 11.9 Å². The first-order valence-corrected chi connectivity index (χ1v) is 13.2. The third-order valence-electron chi connectivity index (χ3n) is 8.12. The van der Waals surface area contributed by atoms with Crippen LogP contribution in [0.25, 0.3) is 0 Å². The Morgan fingerprint density at radius 1 is 0.415 bits per heavy atom. The van der Waals surface area contributed by atoms with Gasteiger partial charge in [0.2, 0.25) is 5.60 Å². The number of alkyl halides is 27. The average Bonchev–Trinajstić information content (AvgIpc) is 3.32. The van der Waals surface area contributed by atoms with Crippen LogP contribution in [0, 0.1) is 0 Å². The number of aliphatic hydroxyl groups is 2. The first-order chi connectivity index (χ1) is 22.8. The highest BCUT2D eigenvalue weighted by molar-refractivity contribution is 5.25. The molecule has 2 aliphatic rings. The molecule has 1 heterocycles. The zero-order valence-corrected chi connectivity index (χ0v) is 24.2. The van der Waals surface area contributed by atoms with Crippen molar-refractivity contribution in [1.29, 1.82) is 0 Å². The molecule has 53 heavy (non-hydrogen) atoms. The van der Waals surface area contributed by atoms with Crippen molar-refractivity contribution in [2.24, 2.45) is 0 Å². The van der Waals surface area contributed by atoms with Crippen LogP contribution in [0.2, 0.25) is 0 Å². The van der Waals surface area contributed by atoms with Gasteiger partial charge in [-0.25, -0.2) is 0 Å². The molecule has 1 aliphatic carbocycles. The van der Waals surface area contributed by atoms with Crippen LogP contribution in [0.4, 0.5) is 119 Å². The molecule has 1 unspecified atom stereocenters. The molecule has 0 aromatic heterocycles. The smallest absolute Gasteiger partial charge is 0.384 e. The van der Waals surface area contributed by atoms with Crippen LogP contribution in [0.5, 0.6) is 0 Å². The van der Waals surface area contributed by atoms with Gasteiger partial charge in [0.25, 0.3) is 0 Å². The third-order valence-corrected chi connectivity index (χ3v) is 8.12. The number of rotatable bonds is 11. The van der Waals surface area contributed by atoms with E-state index in [1.165, 1.54) is 0 Å². The first-order valence-electron chi connectivity index (χ1n) is 13.2. The van der Waals surface area contributed by atoms with E-state index in [9.17, 15) is 111 Å². The lowest BCUT2D eigenvalue weighted by atomic mass is 9.72. The highest BCUT2D eigenvalue weighted by atomic mass is 19.4. The van der Waals surface area contributed by atoms with Crippen LogP contribution in [0.3, 0.4) is 0 Å². The van der Waals surface area contributed by atoms with Gasteiger partial charge in [0.1, 0.15) is 12.2 Å². The lowest BCUT2D eigenvalue weighted by molar-refractivity contribution is -0.476. The van der Waals surface area contributed by atoms with Crippen molar-refractivity contribution in [3.63, 3.8) is 0 Å². The first kappa shape index (κ1) is 47.1. The molecule has 2 fully saturated rings. The number of hydrogen-bond donors (Lipinski definition) is 2. The molecular weight excluding hydrogens is 841 g/mol. The second kappa shape index (κ2) is 12.5. The Morgan fingerprint density at radius 3 is 1.02 bits per heavy atom. The van der Waals surface area contributed by atoms with Gasteiger partial charge in [-0.15, -0.1) is 0 Å². The molecule has 3 atom stereocenters. The maximum atomic E-state index is 15.4. The maximum Gasteiger partial charge on any atom is 0.460 e. The van der Waals surface area contributed by atoms with Crippen LogP contribution < -0.4 is 0 Å². The zero-order valence-electron chi connectivity index (χ0n) is 24.2. The van der Waals surface area contributed by atoms with Crippen molar-refractivity contribution >= 4 is 0 Å². The summed E-state index contributed by atoms with van der Waals surface area (Å²) in [4.78, 5) is 0. The fraction of sp³-hybridized carbons (Fsp3) is 1.00. The van der Waals surface area contributed by atoms with Crippen LogP contribution in [-0.2, 0) is 9.47 Å². The summed E-state index contributed by atoms with van der Waals surface area (Å²) in [6, 6.07) is 0. The van der Waals surface area contributed by atoms with Crippen molar-refractivity contribution in [1.82, 2.24) is 0 Å². The van der Waals surface area contributed by atoms with Gasteiger partial charge in [0, 0.05) is 12.8 Å². The van der Waals surface area contributed by atoms with Crippen molar-refractivity contribution < 1.29 is 138 Å². The molecule has 0 aromatic rings. The van der Waals surface area contributed by atoms with E-state index in [1.54, 1.807) is 0 Å². The van der Waals surface area contributed by atoms with Gasteiger partial charge >= 0.3 is 71.8 Å². The average molecular weight is 856 g/mol. The molecule has 4 nitrogen and oxygen atoms in total. The van der Waals surface area contributed by atoms with Crippen LogP contribution in [0.1, 0.15) is 32.1 Å².